The van der Waals surface area contributed by atoms with Crippen LogP contribution in [-0.4, -0.2) is 39.4 Å². The van der Waals surface area contributed by atoms with Gasteiger partial charge in [-0.3, -0.25) is 4.18 Å². The molecule has 0 radical (unpaired) electrons. The molecule has 0 bridgehead atoms. The van der Waals surface area contributed by atoms with Gasteiger partial charge in [0.25, 0.3) is 0 Å². The molecule has 0 saturated heterocycles. The lowest BCUT2D eigenvalue weighted by atomic mass is 10.2. The molecule has 4 nitrogen and oxygen atoms in total. The Morgan fingerprint density at radius 2 is 1.34 bits per heavy atom. The molecule has 0 amide bonds. The number of alkyl halides is 3. The average molecular weight is 447 g/mol. The second-order valence-corrected chi connectivity index (χ2v) is 14.4. The van der Waals surface area contributed by atoms with E-state index in [1.54, 1.807) is 0 Å². The smallest absolute Gasteiger partial charge is 0.396 e. The number of halogens is 3. The van der Waals surface area contributed by atoms with Crippen molar-refractivity contribution < 1.29 is 30.9 Å². The minimum atomic E-state index is -5.70. The summed E-state index contributed by atoms with van der Waals surface area (Å²) >= 11 is 0. The highest BCUT2D eigenvalue weighted by Gasteiger charge is 2.53. The third-order valence-corrected chi connectivity index (χ3v) is 12.2. The van der Waals surface area contributed by atoms with Gasteiger partial charge in [0.15, 0.2) is 8.07 Å². The molecule has 0 aliphatic carbocycles. The van der Waals surface area contributed by atoms with Crippen molar-refractivity contribution in [2.75, 3.05) is 6.61 Å². The Hall–Kier alpha value is -1.68. The third-order valence-electron chi connectivity index (χ3n) is 5.05. The molecule has 1 N–H and O–H groups in total. The number of hydrogen-bond acceptors (Lipinski definition) is 4. The van der Waals surface area contributed by atoms with E-state index >= 15 is 0 Å². The summed E-state index contributed by atoms with van der Waals surface area (Å²) in [6, 6.07) is 18.7. The molecular weight excluding hydrogens is 421 g/mol. The fourth-order valence-electron chi connectivity index (χ4n) is 3.87. The Labute approximate surface area is 170 Å². The molecule has 2 aromatic carbocycles. The summed E-state index contributed by atoms with van der Waals surface area (Å²) in [6.07, 6.45) is -0.247. The van der Waals surface area contributed by atoms with E-state index in [-0.39, 0.29) is 6.42 Å². The standard InChI is InChI=1S/C20H25F3O4SSi/c1-19(2,3)29(16-10-6-4-7-11-16,17-12-8-5-9-13-17)18(24)14-15-27-28(25,26)20(21,22)23/h4-13,18,24H,14-15H2,1-3H3. The van der Waals surface area contributed by atoms with Gasteiger partial charge in [-0.15, -0.1) is 0 Å². The van der Waals surface area contributed by atoms with Gasteiger partial charge >= 0.3 is 15.6 Å². The van der Waals surface area contributed by atoms with E-state index in [0.29, 0.717) is 0 Å². The number of rotatable bonds is 7. The Balaban J connectivity index is 2.48. The van der Waals surface area contributed by atoms with Crippen molar-refractivity contribution in [1.82, 2.24) is 0 Å². The quantitative estimate of drug-likeness (QED) is 0.403. The molecule has 0 heterocycles. The zero-order valence-electron chi connectivity index (χ0n) is 16.5. The summed E-state index contributed by atoms with van der Waals surface area (Å²) in [7, 11) is -8.69. The van der Waals surface area contributed by atoms with Crippen LogP contribution in [0.5, 0.6) is 0 Å². The minimum Gasteiger partial charge on any atom is -0.396 e. The third kappa shape index (κ3) is 4.74. The van der Waals surface area contributed by atoms with E-state index in [4.69, 9.17) is 0 Å². The Morgan fingerprint density at radius 3 is 1.69 bits per heavy atom. The van der Waals surface area contributed by atoms with Gasteiger partial charge in [0.2, 0.25) is 0 Å². The molecule has 29 heavy (non-hydrogen) atoms. The average Bonchev–Trinajstić information content (AvgIpc) is 2.62. The highest BCUT2D eigenvalue weighted by Crippen LogP contribution is 2.39. The van der Waals surface area contributed by atoms with Gasteiger partial charge in [-0.25, -0.2) is 0 Å². The maximum absolute atomic E-state index is 12.5. The SMILES string of the molecule is CC(C)(C)[Si](c1ccccc1)(c1ccccc1)C(O)CCOS(=O)(=O)C(F)(F)F. The normalized spacial score (nSPS) is 14.6. The molecular formula is C20H25F3O4SSi. The molecule has 0 fully saturated rings. The lowest BCUT2D eigenvalue weighted by Gasteiger charge is -2.47. The van der Waals surface area contributed by atoms with E-state index < -0.39 is 41.1 Å². The molecule has 9 heteroatoms. The lowest BCUT2D eigenvalue weighted by Crippen LogP contribution is -2.71. The summed E-state index contributed by atoms with van der Waals surface area (Å²) in [5.74, 6) is 0. The van der Waals surface area contributed by atoms with Gasteiger partial charge < -0.3 is 5.11 Å². The topological polar surface area (TPSA) is 63.6 Å². The molecule has 160 valence electrons. The van der Waals surface area contributed by atoms with Crippen LogP contribution < -0.4 is 10.4 Å². The van der Waals surface area contributed by atoms with Crippen LogP contribution in [0.3, 0.4) is 0 Å². The van der Waals surface area contributed by atoms with Crippen LogP contribution >= 0.6 is 0 Å². The summed E-state index contributed by atoms with van der Waals surface area (Å²) in [6.45, 7) is 5.19. The first-order valence-electron chi connectivity index (χ1n) is 9.09. The first-order chi connectivity index (χ1) is 13.3. The number of aliphatic hydroxyl groups is 1. The Morgan fingerprint density at radius 1 is 0.931 bits per heavy atom. The van der Waals surface area contributed by atoms with Crippen LogP contribution in [-0.2, 0) is 14.3 Å². The zero-order valence-corrected chi connectivity index (χ0v) is 18.3. The van der Waals surface area contributed by atoms with Crippen molar-refractivity contribution in [3.8, 4) is 0 Å². The monoisotopic (exact) mass is 446 g/mol. The molecule has 0 spiro atoms. The molecule has 2 aromatic rings. The predicted octanol–water partition coefficient (Wildman–Crippen LogP) is 3.21. The van der Waals surface area contributed by atoms with Gasteiger partial charge in [0.1, 0.15) is 0 Å². The molecule has 0 aliphatic rings. The van der Waals surface area contributed by atoms with Crippen LogP contribution in [0.25, 0.3) is 0 Å². The van der Waals surface area contributed by atoms with E-state index in [1.807, 2.05) is 81.4 Å². The van der Waals surface area contributed by atoms with Gasteiger partial charge in [0.05, 0.1) is 12.3 Å². The second kappa shape index (κ2) is 8.59. The fraction of sp³-hybridized carbons (Fsp3) is 0.400. The first kappa shape index (κ1) is 23.6. The van der Waals surface area contributed by atoms with Crippen molar-refractivity contribution in [1.29, 1.82) is 0 Å². The van der Waals surface area contributed by atoms with E-state index in [9.17, 15) is 26.7 Å². The highest BCUT2D eigenvalue weighted by molar-refractivity contribution is 7.87. The molecule has 0 saturated carbocycles. The second-order valence-electron chi connectivity index (χ2n) is 7.82. The summed E-state index contributed by atoms with van der Waals surface area (Å²) in [4.78, 5) is 0. The summed E-state index contributed by atoms with van der Waals surface area (Å²) in [5, 5.41) is 12.7. The van der Waals surface area contributed by atoms with Crippen molar-refractivity contribution in [2.45, 2.75) is 43.5 Å². The molecule has 0 aromatic heterocycles. The Kier molecular flexibility index (Phi) is 6.99. The zero-order chi connectivity index (χ0) is 21.9. The molecule has 1 unspecified atom stereocenters. The lowest BCUT2D eigenvalue weighted by molar-refractivity contribution is -0.0545. The van der Waals surface area contributed by atoms with Crippen molar-refractivity contribution in [2.24, 2.45) is 0 Å². The van der Waals surface area contributed by atoms with Crippen LogP contribution in [0.2, 0.25) is 5.04 Å². The number of hydrogen-bond donors (Lipinski definition) is 1. The van der Waals surface area contributed by atoms with Gasteiger partial charge in [-0.1, -0.05) is 91.8 Å². The summed E-state index contributed by atoms with van der Waals surface area (Å²) < 4.78 is 64.2. The van der Waals surface area contributed by atoms with Crippen molar-refractivity contribution in [3.63, 3.8) is 0 Å². The first-order valence-corrected chi connectivity index (χ1v) is 12.6. The molecule has 0 aliphatic heterocycles. The highest BCUT2D eigenvalue weighted by atomic mass is 32.2. The van der Waals surface area contributed by atoms with E-state index in [1.165, 1.54) is 0 Å². The van der Waals surface area contributed by atoms with E-state index in [2.05, 4.69) is 4.18 Å². The maximum Gasteiger partial charge on any atom is 0.523 e. The van der Waals surface area contributed by atoms with Crippen LogP contribution in [0, 0.1) is 0 Å². The van der Waals surface area contributed by atoms with Crippen LogP contribution in [0.4, 0.5) is 13.2 Å². The molecule has 1 atom stereocenters. The number of benzene rings is 2. The predicted molar refractivity (Wildman–Crippen MR) is 109 cm³/mol. The van der Waals surface area contributed by atoms with Crippen molar-refractivity contribution in [3.05, 3.63) is 60.7 Å². The van der Waals surface area contributed by atoms with E-state index in [0.717, 1.165) is 10.4 Å². The largest absolute Gasteiger partial charge is 0.523 e. The van der Waals surface area contributed by atoms with Crippen LogP contribution in [0.1, 0.15) is 27.2 Å². The van der Waals surface area contributed by atoms with Gasteiger partial charge in [-0.2, -0.15) is 21.6 Å². The minimum absolute atomic E-state index is 0.247. The number of aliphatic hydroxyl groups excluding tert-OH is 1. The Bertz CT molecular complexity index is 855. The maximum atomic E-state index is 12.5. The van der Waals surface area contributed by atoms with Gasteiger partial charge in [0, 0.05) is 0 Å². The fourth-order valence-corrected chi connectivity index (χ4v) is 10.1. The van der Waals surface area contributed by atoms with Gasteiger partial charge in [-0.05, 0) is 11.5 Å². The summed E-state index contributed by atoms with van der Waals surface area (Å²) in [5.41, 5.74) is -6.56. The molecule has 2 rings (SSSR count). The van der Waals surface area contributed by atoms with Crippen molar-refractivity contribution >= 4 is 28.6 Å². The van der Waals surface area contributed by atoms with Crippen LogP contribution in [0.15, 0.2) is 60.7 Å².